The standard InChI is InChI=1S/C6H8O5S/c1-2-12(8,9)11-5-3-6(7)10-4-5/h2,5H,1,3-4H2. The first-order chi connectivity index (χ1) is 5.53. The third-order valence-corrected chi connectivity index (χ3v) is 2.25. The number of carbonyl (C=O) groups is 1. The summed E-state index contributed by atoms with van der Waals surface area (Å²) < 4.78 is 30.5. The number of hydrogen-bond donors (Lipinski definition) is 0. The minimum Gasteiger partial charge on any atom is -0.463 e. The summed E-state index contributed by atoms with van der Waals surface area (Å²) in [7, 11) is -3.69. The van der Waals surface area contributed by atoms with Crippen LogP contribution < -0.4 is 0 Å². The molecule has 1 fully saturated rings. The molecule has 0 N–H and O–H groups in total. The fourth-order valence-corrected chi connectivity index (χ4v) is 1.36. The summed E-state index contributed by atoms with van der Waals surface area (Å²) in [5, 5.41) is 0.690. The third kappa shape index (κ3) is 2.31. The quantitative estimate of drug-likeness (QED) is 0.457. The summed E-state index contributed by atoms with van der Waals surface area (Å²) in [6.07, 6.45) is -0.715. The average Bonchev–Trinajstić information content (AvgIpc) is 2.35. The van der Waals surface area contributed by atoms with E-state index in [0.29, 0.717) is 5.41 Å². The van der Waals surface area contributed by atoms with E-state index in [1.165, 1.54) is 0 Å². The van der Waals surface area contributed by atoms with Crippen molar-refractivity contribution in [3.05, 3.63) is 12.0 Å². The van der Waals surface area contributed by atoms with Crippen LogP contribution in [0.25, 0.3) is 0 Å². The van der Waals surface area contributed by atoms with Crippen LogP contribution in [-0.2, 0) is 23.8 Å². The van der Waals surface area contributed by atoms with Crippen molar-refractivity contribution in [3.8, 4) is 0 Å². The number of rotatable bonds is 3. The van der Waals surface area contributed by atoms with Crippen molar-refractivity contribution >= 4 is 16.1 Å². The second-order valence-electron chi connectivity index (χ2n) is 2.26. The number of esters is 1. The van der Waals surface area contributed by atoms with Gasteiger partial charge in [0.2, 0.25) is 0 Å². The van der Waals surface area contributed by atoms with Crippen molar-refractivity contribution in [1.82, 2.24) is 0 Å². The summed E-state index contributed by atoms with van der Waals surface area (Å²) in [6, 6.07) is 0. The zero-order valence-electron chi connectivity index (χ0n) is 6.23. The number of carbonyl (C=O) groups excluding carboxylic acids is 1. The molecular formula is C6H8O5S. The van der Waals surface area contributed by atoms with Crippen LogP contribution in [0, 0.1) is 0 Å². The molecule has 0 spiro atoms. The predicted octanol–water partition coefficient (Wildman–Crippen LogP) is -0.208. The van der Waals surface area contributed by atoms with Crippen LogP contribution in [0.2, 0.25) is 0 Å². The molecule has 0 aromatic carbocycles. The molecule has 1 atom stereocenters. The molecule has 0 aromatic heterocycles. The van der Waals surface area contributed by atoms with Crippen LogP contribution in [0.4, 0.5) is 0 Å². The van der Waals surface area contributed by atoms with Gasteiger partial charge in [0.25, 0.3) is 10.1 Å². The first kappa shape index (κ1) is 9.21. The van der Waals surface area contributed by atoms with Crippen molar-refractivity contribution < 1.29 is 22.1 Å². The second kappa shape index (κ2) is 3.24. The van der Waals surface area contributed by atoms with Crippen LogP contribution in [0.3, 0.4) is 0 Å². The molecule has 5 nitrogen and oxygen atoms in total. The maximum Gasteiger partial charge on any atom is 0.308 e. The number of ether oxygens (including phenoxy) is 1. The van der Waals surface area contributed by atoms with Gasteiger partial charge < -0.3 is 4.74 Å². The Bertz CT molecular complexity index is 291. The number of cyclic esters (lactones) is 1. The topological polar surface area (TPSA) is 69.7 Å². The molecule has 68 valence electrons. The molecular weight excluding hydrogens is 184 g/mol. The van der Waals surface area contributed by atoms with Crippen molar-refractivity contribution in [3.63, 3.8) is 0 Å². The van der Waals surface area contributed by atoms with E-state index in [9.17, 15) is 13.2 Å². The second-order valence-corrected chi connectivity index (χ2v) is 3.78. The van der Waals surface area contributed by atoms with E-state index in [0.717, 1.165) is 0 Å². The monoisotopic (exact) mass is 192 g/mol. The predicted molar refractivity (Wildman–Crippen MR) is 39.6 cm³/mol. The molecule has 1 aliphatic heterocycles. The third-order valence-electron chi connectivity index (χ3n) is 1.30. The van der Waals surface area contributed by atoms with E-state index in [-0.39, 0.29) is 13.0 Å². The Morgan fingerprint density at radius 1 is 1.67 bits per heavy atom. The van der Waals surface area contributed by atoms with E-state index in [1.807, 2.05) is 0 Å². The molecule has 0 saturated carbocycles. The van der Waals surface area contributed by atoms with Gasteiger partial charge in [-0.2, -0.15) is 8.42 Å². The van der Waals surface area contributed by atoms with Gasteiger partial charge in [-0.3, -0.25) is 8.98 Å². The molecule has 1 unspecified atom stereocenters. The molecule has 0 radical (unpaired) electrons. The summed E-state index contributed by atoms with van der Waals surface area (Å²) in [4.78, 5) is 10.5. The molecule has 1 heterocycles. The lowest BCUT2D eigenvalue weighted by Crippen LogP contribution is -2.16. The molecule has 6 heteroatoms. The highest BCUT2D eigenvalue weighted by molar-refractivity contribution is 7.89. The Morgan fingerprint density at radius 3 is 2.75 bits per heavy atom. The summed E-state index contributed by atoms with van der Waals surface area (Å²) in [6.45, 7) is 3.05. The summed E-state index contributed by atoms with van der Waals surface area (Å²) in [5.74, 6) is -0.445. The van der Waals surface area contributed by atoms with Crippen LogP contribution in [0.15, 0.2) is 12.0 Å². The minimum absolute atomic E-state index is 0.00803. The molecule has 0 aliphatic carbocycles. The van der Waals surface area contributed by atoms with Gasteiger partial charge >= 0.3 is 5.97 Å². The minimum atomic E-state index is -3.69. The van der Waals surface area contributed by atoms with Gasteiger partial charge in [0.05, 0.1) is 11.8 Å². The normalized spacial score (nSPS) is 23.7. The SMILES string of the molecule is C=CS(=O)(=O)OC1COC(=O)C1. The van der Waals surface area contributed by atoms with Gasteiger partial charge in [0, 0.05) is 0 Å². The maximum atomic E-state index is 10.8. The Kier molecular flexibility index (Phi) is 2.49. The van der Waals surface area contributed by atoms with Crippen molar-refractivity contribution in [2.75, 3.05) is 6.61 Å². The molecule has 0 bridgehead atoms. The fraction of sp³-hybridized carbons (Fsp3) is 0.500. The lowest BCUT2D eigenvalue weighted by Gasteiger charge is -2.04. The first-order valence-corrected chi connectivity index (χ1v) is 4.72. The zero-order chi connectivity index (χ0) is 9.19. The highest BCUT2D eigenvalue weighted by atomic mass is 32.2. The molecule has 12 heavy (non-hydrogen) atoms. The van der Waals surface area contributed by atoms with E-state index in [4.69, 9.17) is 0 Å². The smallest absolute Gasteiger partial charge is 0.308 e. The van der Waals surface area contributed by atoms with Gasteiger partial charge in [-0.25, -0.2) is 0 Å². The Balaban J connectivity index is 2.53. The van der Waals surface area contributed by atoms with Crippen molar-refractivity contribution in [2.24, 2.45) is 0 Å². The van der Waals surface area contributed by atoms with E-state index < -0.39 is 22.2 Å². The molecule has 1 saturated heterocycles. The summed E-state index contributed by atoms with van der Waals surface area (Å²) in [5.41, 5.74) is 0. The van der Waals surface area contributed by atoms with Crippen LogP contribution in [0.5, 0.6) is 0 Å². The van der Waals surface area contributed by atoms with Gasteiger partial charge in [-0.1, -0.05) is 6.58 Å². The molecule has 0 aromatic rings. The molecule has 1 rings (SSSR count). The Morgan fingerprint density at radius 2 is 2.33 bits per heavy atom. The van der Waals surface area contributed by atoms with Gasteiger partial charge in [0.15, 0.2) is 0 Å². The lowest BCUT2D eigenvalue weighted by molar-refractivity contribution is -0.137. The zero-order valence-corrected chi connectivity index (χ0v) is 7.04. The van der Waals surface area contributed by atoms with Crippen LogP contribution >= 0.6 is 0 Å². The van der Waals surface area contributed by atoms with Crippen LogP contribution in [0.1, 0.15) is 6.42 Å². The van der Waals surface area contributed by atoms with E-state index >= 15 is 0 Å². The average molecular weight is 192 g/mol. The van der Waals surface area contributed by atoms with Gasteiger partial charge in [-0.05, 0) is 0 Å². The highest BCUT2D eigenvalue weighted by Crippen LogP contribution is 2.13. The Labute approximate surface area is 70.1 Å². The molecule has 1 aliphatic rings. The van der Waals surface area contributed by atoms with Crippen molar-refractivity contribution in [2.45, 2.75) is 12.5 Å². The summed E-state index contributed by atoms with van der Waals surface area (Å²) >= 11 is 0. The fourth-order valence-electron chi connectivity index (χ4n) is 0.780. The van der Waals surface area contributed by atoms with Gasteiger partial charge in [0.1, 0.15) is 12.7 Å². The van der Waals surface area contributed by atoms with Gasteiger partial charge in [-0.15, -0.1) is 0 Å². The van der Waals surface area contributed by atoms with E-state index in [1.54, 1.807) is 0 Å². The molecule has 0 amide bonds. The maximum absolute atomic E-state index is 10.8. The number of hydrogen-bond acceptors (Lipinski definition) is 5. The largest absolute Gasteiger partial charge is 0.463 e. The Hall–Kier alpha value is -0.880. The van der Waals surface area contributed by atoms with Crippen molar-refractivity contribution in [1.29, 1.82) is 0 Å². The highest BCUT2D eigenvalue weighted by Gasteiger charge is 2.27. The lowest BCUT2D eigenvalue weighted by atomic mass is 10.3. The first-order valence-electron chi connectivity index (χ1n) is 3.25. The van der Waals surface area contributed by atoms with E-state index in [2.05, 4.69) is 15.5 Å². The van der Waals surface area contributed by atoms with Crippen LogP contribution in [-0.4, -0.2) is 27.1 Å².